The molecule has 0 unspecified atom stereocenters. The molecular formula is C18H23ClN4S. The van der Waals surface area contributed by atoms with Gasteiger partial charge in [-0.05, 0) is 23.4 Å². The van der Waals surface area contributed by atoms with Gasteiger partial charge in [0.2, 0.25) is 0 Å². The van der Waals surface area contributed by atoms with Crippen molar-refractivity contribution in [2.75, 3.05) is 19.6 Å². The number of rotatable bonds is 8. The van der Waals surface area contributed by atoms with Crippen LogP contribution in [0.3, 0.4) is 0 Å². The van der Waals surface area contributed by atoms with Gasteiger partial charge in [-0.1, -0.05) is 36.4 Å². The highest BCUT2D eigenvalue weighted by Crippen LogP contribution is 2.26. The zero-order valence-electron chi connectivity index (χ0n) is 13.5. The highest BCUT2D eigenvalue weighted by atomic mass is 35.5. The Morgan fingerprint density at radius 3 is 2.62 bits per heavy atom. The fourth-order valence-corrected chi connectivity index (χ4v) is 3.45. The van der Waals surface area contributed by atoms with E-state index in [9.17, 15) is 0 Å². The summed E-state index contributed by atoms with van der Waals surface area (Å²) in [5.74, 6) is 0. The maximum absolute atomic E-state index is 5.80. The second-order valence-corrected chi connectivity index (χ2v) is 6.50. The van der Waals surface area contributed by atoms with E-state index in [-0.39, 0.29) is 12.4 Å². The van der Waals surface area contributed by atoms with Gasteiger partial charge in [0, 0.05) is 31.7 Å². The topological polar surface area (TPSA) is 57.9 Å². The molecule has 1 aromatic carbocycles. The molecule has 0 radical (unpaired) electrons. The summed E-state index contributed by atoms with van der Waals surface area (Å²) in [5.41, 5.74) is 9.52. The first-order valence-electron chi connectivity index (χ1n) is 7.89. The molecular weight excluding hydrogens is 340 g/mol. The molecule has 0 spiro atoms. The van der Waals surface area contributed by atoms with Gasteiger partial charge in [-0.3, -0.25) is 10.00 Å². The summed E-state index contributed by atoms with van der Waals surface area (Å²) >= 11 is 1.73. The van der Waals surface area contributed by atoms with Crippen molar-refractivity contribution in [1.29, 1.82) is 0 Å². The van der Waals surface area contributed by atoms with Gasteiger partial charge in [0.05, 0.1) is 16.8 Å². The smallest absolute Gasteiger partial charge is 0.0794 e. The van der Waals surface area contributed by atoms with E-state index in [1.54, 1.807) is 11.3 Å². The second kappa shape index (κ2) is 9.59. The molecule has 24 heavy (non-hydrogen) atoms. The number of nitrogens with two attached hydrogens (primary N) is 1. The van der Waals surface area contributed by atoms with Crippen LogP contribution in [0, 0.1) is 0 Å². The van der Waals surface area contributed by atoms with Gasteiger partial charge < -0.3 is 5.73 Å². The highest BCUT2D eigenvalue weighted by Gasteiger charge is 2.12. The molecule has 0 aliphatic carbocycles. The van der Waals surface area contributed by atoms with Crippen LogP contribution in [0.25, 0.3) is 10.6 Å². The molecule has 0 aliphatic rings. The molecule has 0 saturated heterocycles. The summed E-state index contributed by atoms with van der Waals surface area (Å²) in [6.45, 7) is 3.42. The van der Waals surface area contributed by atoms with Gasteiger partial charge in [0.15, 0.2) is 0 Å². The molecule has 0 amide bonds. The third-order valence-corrected chi connectivity index (χ3v) is 4.77. The van der Waals surface area contributed by atoms with Crippen LogP contribution < -0.4 is 5.73 Å². The Morgan fingerprint density at radius 1 is 1.08 bits per heavy atom. The number of nitrogens with one attached hydrogen (secondary N) is 1. The van der Waals surface area contributed by atoms with Gasteiger partial charge in [0.25, 0.3) is 0 Å². The zero-order valence-corrected chi connectivity index (χ0v) is 15.2. The minimum absolute atomic E-state index is 0. The third-order valence-electron chi connectivity index (χ3n) is 3.88. The Labute approximate surface area is 153 Å². The maximum Gasteiger partial charge on any atom is 0.0794 e. The maximum atomic E-state index is 5.80. The number of halogens is 1. The minimum atomic E-state index is 0. The van der Waals surface area contributed by atoms with Crippen LogP contribution in [-0.4, -0.2) is 34.7 Å². The van der Waals surface area contributed by atoms with Crippen molar-refractivity contribution in [3.63, 3.8) is 0 Å². The molecule has 2 heterocycles. The van der Waals surface area contributed by atoms with Crippen LogP contribution in [-0.2, 0) is 13.0 Å². The van der Waals surface area contributed by atoms with Gasteiger partial charge in [-0.2, -0.15) is 5.10 Å². The number of H-pyrrole nitrogens is 1. The number of benzene rings is 1. The predicted octanol–water partition coefficient (Wildman–Crippen LogP) is 3.56. The normalized spacial score (nSPS) is 10.8. The molecule has 0 aliphatic heterocycles. The van der Waals surface area contributed by atoms with E-state index in [0.717, 1.165) is 31.7 Å². The first-order chi connectivity index (χ1) is 11.4. The molecule has 128 valence electrons. The lowest BCUT2D eigenvalue weighted by Gasteiger charge is -2.21. The van der Waals surface area contributed by atoms with Crippen molar-refractivity contribution in [2.24, 2.45) is 5.73 Å². The summed E-state index contributed by atoms with van der Waals surface area (Å²) in [6, 6.07) is 14.8. The number of hydrogen-bond acceptors (Lipinski definition) is 4. The van der Waals surface area contributed by atoms with Crippen LogP contribution >= 0.6 is 23.7 Å². The van der Waals surface area contributed by atoms with Gasteiger partial charge in [-0.25, -0.2) is 0 Å². The van der Waals surface area contributed by atoms with Crippen molar-refractivity contribution >= 4 is 23.7 Å². The molecule has 6 heteroatoms. The zero-order chi connectivity index (χ0) is 15.9. The molecule has 3 rings (SSSR count). The van der Waals surface area contributed by atoms with Crippen LogP contribution in [0.1, 0.15) is 11.1 Å². The van der Waals surface area contributed by atoms with E-state index in [1.807, 2.05) is 6.20 Å². The molecule has 0 bridgehead atoms. The molecule has 0 saturated carbocycles. The van der Waals surface area contributed by atoms with Gasteiger partial charge >= 0.3 is 0 Å². The van der Waals surface area contributed by atoms with Crippen molar-refractivity contribution in [3.8, 4) is 10.6 Å². The Morgan fingerprint density at radius 2 is 1.92 bits per heavy atom. The number of nitrogens with zero attached hydrogens (tertiary/aromatic N) is 2. The van der Waals surface area contributed by atoms with E-state index in [4.69, 9.17) is 5.73 Å². The molecule has 3 aromatic rings. The van der Waals surface area contributed by atoms with E-state index in [0.29, 0.717) is 6.54 Å². The largest absolute Gasteiger partial charge is 0.329 e. The Kier molecular flexibility index (Phi) is 7.46. The van der Waals surface area contributed by atoms with Crippen molar-refractivity contribution < 1.29 is 0 Å². The van der Waals surface area contributed by atoms with Gasteiger partial charge in [0.1, 0.15) is 0 Å². The lowest BCUT2D eigenvalue weighted by Crippen LogP contribution is -2.31. The fourth-order valence-electron chi connectivity index (χ4n) is 2.69. The van der Waals surface area contributed by atoms with Crippen molar-refractivity contribution in [3.05, 3.63) is 65.2 Å². The van der Waals surface area contributed by atoms with E-state index in [1.165, 1.54) is 16.0 Å². The van der Waals surface area contributed by atoms with Crippen LogP contribution in [0.15, 0.2) is 54.0 Å². The first-order valence-corrected chi connectivity index (χ1v) is 8.77. The Bertz CT molecular complexity index is 697. The summed E-state index contributed by atoms with van der Waals surface area (Å²) in [6.07, 6.45) is 2.97. The summed E-state index contributed by atoms with van der Waals surface area (Å²) < 4.78 is 0. The fraction of sp³-hybridized carbons (Fsp3) is 0.278. The minimum Gasteiger partial charge on any atom is -0.329 e. The predicted molar refractivity (Wildman–Crippen MR) is 104 cm³/mol. The number of thiophene rings is 1. The monoisotopic (exact) mass is 362 g/mol. The van der Waals surface area contributed by atoms with Crippen LogP contribution in [0.5, 0.6) is 0 Å². The molecule has 0 atom stereocenters. The molecule has 3 N–H and O–H groups in total. The van der Waals surface area contributed by atoms with E-state index < -0.39 is 0 Å². The van der Waals surface area contributed by atoms with Crippen LogP contribution in [0.2, 0.25) is 0 Å². The average Bonchev–Trinajstić information content (AvgIpc) is 3.25. The molecule has 2 aromatic heterocycles. The number of hydrogen-bond donors (Lipinski definition) is 2. The lowest BCUT2D eigenvalue weighted by molar-refractivity contribution is 0.277. The van der Waals surface area contributed by atoms with Gasteiger partial charge in [-0.15, -0.1) is 23.7 Å². The third kappa shape index (κ3) is 4.92. The quantitative estimate of drug-likeness (QED) is 0.644. The standard InChI is InChI=1S/C18H22N4S.ClH/c19-9-11-22(10-8-15-5-2-1-3-6-15)14-16-13-20-21-18(16)17-7-4-12-23-17;/h1-7,12-13H,8-11,14,19H2,(H,20,21);1H. The van der Waals surface area contributed by atoms with Crippen molar-refractivity contribution in [2.45, 2.75) is 13.0 Å². The summed E-state index contributed by atoms with van der Waals surface area (Å²) in [7, 11) is 0. The van der Waals surface area contributed by atoms with E-state index in [2.05, 4.69) is 62.9 Å². The summed E-state index contributed by atoms with van der Waals surface area (Å²) in [4.78, 5) is 3.63. The van der Waals surface area contributed by atoms with Crippen molar-refractivity contribution in [1.82, 2.24) is 15.1 Å². The SMILES string of the molecule is Cl.NCCN(CCc1ccccc1)Cc1cn[nH]c1-c1cccs1. The van der Waals surface area contributed by atoms with Crippen LogP contribution in [0.4, 0.5) is 0 Å². The number of aromatic nitrogens is 2. The molecule has 0 fully saturated rings. The average molecular weight is 363 g/mol. The Balaban J connectivity index is 0.00000208. The summed E-state index contributed by atoms with van der Waals surface area (Å²) in [5, 5.41) is 9.46. The first kappa shape index (κ1) is 18.7. The lowest BCUT2D eigenvalue weighted by atomic mass is 10.1. The molecule has 4 nitrogen and oxygen atoms in total. The second-order valence-electron chi connectivity index (χ2n) is 5.55. The van der Waals surface area contributed by atoms with E-state index >= 15 is 0 Å². The Hall–Kier alpha value is -1.66. The number of aromatic amines is 1. The highest BCUT2D eigenvalue weighted by molar-refractivity contribution is 7.13.